The van der Waals surface area contributed by atoms with Gasteiger partial charge in [-0.05, 0) is 73.2 Å². The highest BCUT2D eigenvalue weighted by molar-refractivity contribution is 7.22. The molecule has 0 N–H and O–H groups in total. The maximum Gasteiger partial charge on any atom is 0.0971 e. The molecule has 0 radical (unpaired) electrons. The molecule has 38 heavy (non-hydrogen) atoms. The van der Waals surface area contributed by atoms with Gasteiger partial charge in [0, 0.05) is 21.5 Å². The summed E-state index contributed by atoms with van der Waals surface area (Å²) in [5, 5.41) is 3.40. The maximum atomic E-state index is 7.60. The van der Waals surface area contributed by atoms with Crippen LogP contribution in [0.4, 0.5) is 27.8 Å². The van der Waals surface area contributed by atoms with Crippen molar-refractivity contribution in [2.75, 3.05) is 9.80 Å². The van der Waals surface area contributed by atoms with Crippen LogP contribution in [0, 0.1) is 0 Å². The Labute approximate surface area is 234 Å². The molecular weight excluding hydrogens is 504 g/mol. The Morgan fingerprint density at radius 3 is 2.08 bits per heavy atom. The van der Waals surface area contributed by atoms with E-state index in [0.717, 1.165) is 28.5 Å². The summed E-state index contributed by atoms with van der Waals surface area (Å²) < 4.78 is 1.32. The third-order valence-corrected chi connectivity index (χ3v) is 10.6. The van der Waals surface area contributed by atoms with E-state index in [9.17, 15) is 0 Å². The molecule has 4 aromatic carbocycles. The van der Waals surface area contributed by atoms with Crippen LogP contribution in [0.2, 0.25) is 5.02 Å². The van der Waals surface area contributed by atoms with Gasteiger partial charge in [-0.25, -0.2) is 0 Å². The first kappa shape index (κ1) is 23.8. The predicted molar refractivity (Wildman–Crippen MR) is 164 cm³/mol. The second kappa shape index (κ2) is 8.90. The molecule has 2 aliphatic rings. The number of fused-ring (bicyclic) bond motifs is 4. The zero-order valence-electron chi connectivity index (χ0n) is 21.8. The molecule has 4 heteroatoms. The standard InChI is InChI=1S/C34H31ClN2S/c1-33-21-11-12-22-34(33,2)37(30-23-24-13-9-10-18-29(24)38-30)32-27(33)19-20-28(31(32)35)36(25-14-5-3-6-15-25)26-16-7-4-8-17-26/h3-10,13-20,23H,11-12,21-22H2,1-2H3. The van der Waals surface area contributed by atoms with E-state index in [4.69, 9.17) is 11.6 Å². The summed E-state index contributed by atoms with van der Waals surface area (Å²) in [5.74, 6) is 0. The van der Waals surface area contributed by atoms with Gasteiger partial charge in [-0.1, -0.05) is 92.0 Å². The number of benzene rings is 4. The van der Waals surface area contributed by atoms with Gasteiger partial charge in [-0.15, -0.1) is 11.3 Å². The van der Waals surface area contributed by atoms with E-state index in [1.54, 1.807) is 0 Å². The third kappa shape index (κ3) is 3.38. The Morgan fingerprint density at radius 2 is 1.39 bits per heavy atom. The van der Waals surface area contributed by atoms with E-state index < -0.39 is 0 Å². The predicted octanol–water partition coefficient (Wildman–Crippen LogP) is 10.8. The highest BCUT2D eigenvalue weighted by Gasteiger charge is 2.58. The molecule has 1 aliphatic carbocycles. The molecule has 1 aliphatic heterocycles. The summed E-state index contributed by atoms with van der Waals surface area (Å²) in [4.78, 5) is 4.91. The molecule has 1 saturated carbocycles. The number of rotatable bonds is 4. The van der Waals surface area contributed by atoms with Crippen LogP contribution in [0.15, 0.2) is 103 Å². The van der Waals surface area contributed by atoms with Gasteiger partial charge in [0.1, 0.15) is 0 Å². The van der Waals surface area contributed by atoms with Gasteiger partial charge < -0.3 is 9.80 Å². The van der Waals surface area contributed by atoms with E-state index in [1.807, 2.05) is 11.3 Å². The lowest BCUT2D eigenvalue weighted by Gasteiger charge is -2.49. The van der Waals surface area contributed by atoms with Gasteiger partial charge in [-0.3, -0.25) is 0 Å². The largest absolute Gasteiger partial charge is 0.325 e. The number of hydrogen-bond acceptors (Lipinski definition) is 3. The van der Waals surface area contributed by atoms with E-state index in [0.29, 0.717) is 0 Å². The van der Waals surface area contributed by atoms with Crippen molar-refractivity contribution in [3.63, 3.8) is 0 Å². The molecule has 2 heterocycles. The minimum atomic E-state index is -0.0406. The lowest BCUT2D eigenvalue weighted by Crippen LogP contribution is -2.54. The molecule has 190 valence electrons. The summed E-state index contributed by atoms with van der Waals surface area (Å²) in [6, 6.07) is 36.8. The fourth-order valence-corrected chi connectivity index (χ4v) is 8.45. The first-order chi connectivity index (χ1) is 18.5. The van der Waals surface area contributed by atoms with Gasteiger partial charge in [0.25, 0.3) is 0 Å². The van der Waals surface area contributed by atoms with Crippen molar-refractivity contribution in [2.45, 2.75) is 50.5 Å². The average Bonchev–Trinajstić information content (AvgIpc) is 3.46. The van der Waals surface area contributed by atoms with Crippen LogP contribution in [0.1, 0.15) is 45.1 Å². The minimum absolute atomic E-state index is 0.0310. The zero-order valence-corrected chi connectivity index (χ0v) is 23.4. The number of nitrogens with zero attached hydrogens (tertiary/aromatic N) is 2. The van der Waals surface area contributed by atoms with Crippen molar-refractivity contribution in [2.24, 2.45) is 0 Å². The average molecular weight is 535 g/mol. The van der Waals surface area contributed by atoms with Crippen LogP contribution < -0.4 is 9.80 Å². The van der Waals surface area contributed by atoms with Crippen LogP contribution in [0.5, 0.6) is 0 Å². The number of halogens is 1. The normalized spacial score (nSPS) is 22.3. The Morgan fingerprint density at radius 1 is 0.763 bits per heavy atom. The zero-order chi connectivity index (χ0) is 25.9. The van der Waals surface area contributed by atoms with Crippen LogP contribution in [-0.4, -0.2) is 5.54 Å². The van der Waals surface area contributed by atoms with Crippen molar-refractivity contribution in [1.29, 1.82) is 0 Å². The Hall–Kier alpha value is -3.27. The summed E-state index contributed by atoms with van der Waals surface area (Å²) in [7, 11) is 0. The molecule has 7 rings (SSSR count). The Balaban J connectivity index is 1.49. The topological polar surface area (TPSA) is 6.48 Å². The number of para-hydroxylation sites is 2. The molecular formula is C34H31ClN2S. The van der Waals surface area contributed by atoms with Crippen molar-refractivity contribution < 1.29 is 0 Å². The molecule has 0 saturated heterocycles. The lowest BCUT2D eigenvalue weighted by molar-refractivity contribution is 0.195. The number of thiophene rings is 1. The lowest BCUT2D eigenvalue weighted by atomic mass is 9.61. The molecule has 2 unspecified atom stereocenters. The molecule has 1 fully saturated rings. The van der Waals surface area contributed by atoms with E-state index >= 15 is 0 Å². The van der Waals surface area contributed by atoms with E-state index in [1.165, 1.54) is 45.6 Å². The highest BCUT2D eigenvalue weighted by atomic mass is 35.5. The quantitative estimate of drug-likeness (QED) is 0.226. The Bertz CT molecular complexity index is 1560. The first-order valence-corrected chi connectivity index (χ1v) is 14.7. The second-order valence-corrected chi connectivity index (χ2v) is 12.5. The van der Waals surface area contributed by atoms with Crippen molar-refractivity contribution in [3.8, 4) is 0 Å². The number of hydrogen-bond donors (Lipinski definition) is 0. The first-order valence-electron chi connectivity index (χ1n) is 13.5. The van der Waals surface area contributed by atoms with Crippen LogP contribution in [0.25, 0.3) is 10.1 Å². The second-order valence-electron chi connectivity index (χ2n) is 11.1. The fourth-order valence-electron chi connectivity index (χ4n) is 6.93. The van der Waals surface area contributed by atoms with Gasteiger partial charge in [0.05, 0.1) is 26.9 Å². The summed E-state index contributed by atoms with van der Waals surface area (Å²) in [6.45, 7) is 4.94. The molecule has 0 spiro atoms. The van der Waals surface area contributed by atoms with Gasteiger partial charge in [-0.2, -0.15) is 0 Å². The van der Waals surface area contributed by atoms with Gasteiger partial charge in [0.2, 0.25) is 0 Å². The Kier molecular flexibility index (Phi) is 5.58. The fraction of sp³-hybridized carbons (Fsp3) is 0.235. The monoisotopic (exact) mass is 534 g/mol. The van der Waals surface area contributed by atoms with E-state index in [2.05, 4.69) is 127 Å². The van der Waals surface area contributed by atoms with Crippen LogP contribution >= 0.6 is 22.9 Å². The molecule has 5 aromatic rings. The van der Waals surface area contributed by atoms with Crippen molar-refractivity contribution in [3.05, 3.63) is 114 Å². The van der Waals surface area contributed by atoms with Gasteiger partial charge in [0.15, 0.2) is 0 Å². The van der Waals surface area contributed by atoms with Crippen LogP contribution in [0.3, 0.4) is 0 Å². The molecule has 0 amide bonds. The molecule has 1 aromatic heterocycles. The summed E-state index contributed by atoms with van der Waals surface area (Å²) in [6.07, 6.45) is 4.82. The minimum Gasteiger partial charge on any atom is -0.325 e. The van der Waals surface area contributed by atoms with Crippen molar-refractivity contribution in [1.82, 2.24) is 0 Å². The maximum absolute atomic E-state index is 7.60. The van der Waals surface area contributed by atoms with Crippen molar-refractivity contribution >= 4 is 60.8 Å². The third-order valence-electron chi connectivity index (χ3n) is 9.09. The van der Waals surface area contributed by atoms with Crippen LogP contribution in [-0.2, 0) is 5.41 Å². The molecule has 2 nitrogen and oxygen atoms in total. The van der Waals surface area contributed by atoms with E-state index in [-0.39, 0.29) is 11.0 Å². The molecule has 0 bridgehead atoms. The summed E-state index contributed by atoms with van der Waals surface area (Å²) >= 11 is 9.48. The smallest absolute Gasteiger partial charge is 0.0971 e. The SMILES string of the molecule is CC12CCCCC1(C)N(c1cc3ccccc3s1)c1c2ccc(N(c2ccccc2)c2ccccc2)c1Cl. The number of anilines is 5. The molecule has 2 atom stereocenters. The summed E-state index contributed by atoms with van der Waals surface area (Å²) in [5.41, 5.74) is 5.76. The highest BCUT2D eigenvalue weighted by Crippen LogP contribution is 2.64. The van der Waals surface area contributed by atoms with Gasteiger partial charge >= 0.3 is 0 Å².